The maximum Gasteiger partial charge on any atom is 0.198 e. The van der Waals surface area contributed by atoms with E-state index in [0.717, 1.165) is 16.2 Å². The number of rotatable bonds is 4. The van der Waals surface area contributed by atoms with Gasteiger partial charge in [-0.25, -0.2) is 0 Å². The molecule has 2 aromatic rings. The molecule has 0 N–H and O–H groups in total. The lowest BCUT2D eigenvalue weighted by molar-refractivity contribution is -0.110. The third-order valence-electron chi connectivity index (χ3n) is 2.55. The second-order valence-electron chi connectivity index (χ2n) is 3.95. The van der Waals surface area contributed by atoms with Crippen molar-refractivity contribution < 1.29 is 9.53 Å². The molecule has 2 nitrogen and oxygen atoms in total. The first-order valence-electron chi connectivity index (χ1n) is 5.76. The Balaban J connectivity index is 1.95. The van der Waals surface area contributed by atoms with Gasteiger partial charge in [-0.3, -0.25) is 4.79 Å². The van der Waals surface area contributed by atoms with Gasteiger partial charge in [0.15, 0.2) is 5.12 Å². The van der Waals surface area contributed by atoms with E-state index in [4.69, 9.17) is 16.3 Å². The van der Waals surface area contributed by atoms with Crippen LogP contribution >= 0.6 is 23.4 Å². The molecule has 19 heavy (non-hydrogen) atoms. The molecule has 0 aromatic heterocycles. The third-order valence-corrected chi connectivity index (χ3v) is 3.68. The summed E-state index contributed by atoms with van der Waals surface area (Å²) in [5.74, 6) is 0.793. The van der Waals surface area contributed by atoms with Gasteiger partial charge in [0, 0.05) is 16.3 Å². The molecule has 4 heteroatoms. The fourth-order valence-corrected chi connectivity index (χ4v) is 2.48. The van der Waals surface area contributed by atoms with E-state index in [2.05, 4.69) is 0 Å². The average Bonchev–Trinajstić information content (AvgIpc) is 2.42. The highest BCUT2D eigenvalue weighted by Gasteiger charge is 2.06. The average molecular weight is 293 g/mol. The number of benzene rings is 2. The summed E-state index contributed by atoms with van der Waals surface area (Å²) < 4.78 is 5.08. The van der Waals surface area contributed by atoms with Crippen LogP contribution in [0.4, 0.5) is 0 Å². The van der Waals surface area contributed by atoms with Crippen molar-refractivity contribution in [1.82, 2.24) is 0 Å². The molecule has 0 atom stereocenters. The highest BCUT2D eigenvalue weighted by molar-refractivity contribution is 8.13. The second-order valence-corrected chi connectivity index (χ2v) is 5.52. The van der Waals surface area contributed by atoms with Crippen LogP contribution in [-0.2, 0) is 11.2 Å². The molecular formula is C15H13ClO2S. The van der Waals surface area contributed by atoms with Gasteiger partial charge >= 0.3 is 0 Å². The topological polar surface area (TPSA) is 26.3 Å². The van der Waals surface area contributed by atoms with Crippen molar-refractivity contribution >= 4 is 28.5 Å². The van der Waals surface area contributed by atoms with Crippen LogP contribution in [0.25, 0.3) is 0 Å². The number of carbonyl (C=O) groups excluding carboxylic acids is 1. The molecule has 0 aliphatic carbocycles. The van der Waals surface area contributed by atoms with Gasteiger partial charge in [0.1, 0.15) is 5.75 Å². The van der Waals surface area contributed by atoms with Crippen LogP contribution in [0.3, 0.4) is 0 Å². The molecule has 98 valence electrons. The quantitative estimate of drug-likeness (QED) is 0.790. The van der Waals surface area contributed by atoms with E-state index in [9.17, 15) is 4.79 Å². The van der Waals surface area contributed by atoms with Crippen LogP contribution in [0.2, 0.25) is 5.02 Å². The summed E-state index contributed by atoms with van der Waals surface area (Å²) in [6, 6.07) is 14.8. The van der Waals surface area contributed by atoms with E-state index in [1.54, 1.807) is 19.2 Å². The van der Waals surface area contributed by atoms with Gasteiger partial charge in [-0.15, -0.1) is 0 Å². The normalized spacial score (nSPS) is 10.2. The minimum absolute atomic E-state index is 0.104. The van der Waals surface area contributed by atoms with Crippen LogP contribution in [-0.4, -0.2) is 12.2 Å². The molecule has 0 heterocycles. The van der Waals surface area contributed by atoms with Crippen molar-refractivity contribution in [2.75, 3.05) is 7.11 Å². The summed E-state index contributed by atoms with van der Waals surface area (Å²) in [6.45, 7) is 0. The molecule has 0 amide bonds. The number of hydrogen-bond acceptors (Lipinski definition) is 3. The molecule has 0 spiro atoms. The number of carbonyl (C=O) groups is 1. The first-order chi connectivity index (χ1) is 9.17. The molecular weight excluding hydrogens is 280 g/mol. The molecule has 0 aliphatic heterocycles. The molecule has 0 saturated carbocycles. The molecule has 0 fully saturated rings. The maximum atomic E-state index is 11.9. The van der Waals surface area contributed by atoms with Gasteiger partial charge in [0.25, 0.3) is 0 Å². The van der Waals surface area contributed by atoms with Gasteiger partial charge in [0.2, 0.25) is 0 Å². The zero-order valence-electron chi connectivity index (χ0n) is 10.4. The molecule has 0 bridgehead atoms. The van der Waals surface area contributed by atoms with Crippen LogP contribution in [0.5, 0.6) is 5.75 Å². The maximum absolute atomic E-state index is 11.9. The van der Waals surface area contributed by atoms with Crippen molar-refractivity contribution in [3.63, 3.8) is 0 Å². The van der Waals surface area contributed by atoms with Crippen LogP contribution in [0, 0.1) is 0 Å². The van der Waals surface area contributed by atoms with Gasteiger partial charge in [-0.05, 0) is 42.0 Å². The van der Waals surface area contributed by atoms with Crippen molar-refractivity contribution in [3.8, 4) is 5.75 Å². The van der Waals surface area contributed by atoms with Crippen molar-refractivity contribution in [2.45, 2.75) is 11.3 Å². The first kappa shape index (κ1) is 14.0. The summed E-state index contributed by atoms with van der Waals surface area (Å²) in [7, 11) is 1.62. The van der Waals surface area contributed by atoms with E-state index >= 15 is 0 Å². The largest absolute Gasteiger partial charge is 0.497 e. The van der Waals surface area contributed by atoms with E-state index in [-0.39, 0.29) is 5.12 Å². The molecule has 2 aromatic carbocycles. The Labute approximate surface area is 121 Å². The molecule has 0 saturated heterocycles. The fraction of sp³-hybridized carbons (Fsp3) is 0.133. The van der Waals surface area contributed by atoms with Crippen molar-refractivity contribution in [3.05, 3.63) is 59.1 Å². The van der Waals surface area contributed by atoms with Gasteiger partial charge in [0.05, 0.1) is 7.11 Å². The SMILES string of the molecule is COc1ccc(CC(=O)Sc2ccc(Cl)cc2)cc1. The highest BCUT2D eigenvalue weighted by atomic mass is 35.5. The predicted octanol–water partition coefficient (Wildman–Crippen LogP) is 4.21. The Kier molecular flexibility index (Phi) is 4.88. The molecule has 0 radical (unpaired) electrons. The van der Waals surface area contributed by atoms with E-state index in [1.807, 2.05) is 36.4 Å². The Bertz CT molecular complexity index is 549. The summed E-state index contributed by atoms with van der Waals surface area (Å²) in [4.78, 5) is 12.8. The van der Waals surface area contributed by atoms with Gasteiger partial charge < -0.3 is 4.74 Å². The summed E-state index contributed by atoms with van der Waals surface area (Å²) in [6.07, 6.45) is 0.400. The van der Waals surface area contributed by atoms with E-state index in [0.29, 0.717) is 11.4 Å². The van der Waals surface area contributed by atoms with Crippen molar-refractivity contribution in [2.24, 2.45) is 0 Å². The van der Waals surface area contributed by atoms with Gasteiger partial charge in [-0.1, -0.05) is 35.5 Å². The molecule has 0 unspecified atom stereocenters. The Morgan fingerprint density at radius 3 is 2.32 bits per heavy atom. The zero-order chi connectivity index (χ0) is 13.7. The minimum Gasteiger partial charge on any atom is -0.497 e. The summed E-state index contributed by atoms with van der Waals surface area (Å²) in [5, 5.41) is 0.777. The predicted molar refractivity (Wildman–Crippen MR) is 79.0 cm³/mol. The lowest BCUT2D eigenvalue weighted by atomic mass is 10.2. The lowest BCUT2D eigenvalue weighted by Gasteiger charge is -2.03. The fourth-order valence-electron chi connectivity index (χ4n) is 1.58. The standard InChI is InChI=1S/C15H13ClO2S/c1-18-13-6-2-11(3-7-13)10-15(17)19-14-8-4-12(16)5-9-14/h2-9H,10H2,1H3. The highest BCUT2D eigenvalue weighted by Crippen LogP contribution is 2.23. The van der Waals surface area contributed by atoms with E-state index < -0.39 is 0 Å². The summed E-state index contributed by atoms with van der Waals surface area (Å²) >= 11 is 7.03. The smallest absolute Gasteiger partial charge is 0.198 e. The molecule has 0 aliphatic rings. The number of thioether (sulfide) groups is 1. The Hall–Kier alpha value is -1.45. The summed E-state index contributed by atoms with van der Waals surface area (Å²) in [5.41, 5.74) is 0.979. The third kappa shape index (κ3) is 4.30. The number of ether oxygens (including phenoxy) is 1. The monoisotopic (exact) mass is 292 g/mol. The first-order valence-corrected chi connectivity index (χ1v) is 6.96. The number of halogens is 1. The zero-order valence-corrected chi connectivity index (χ0v) is 12.0. The van der Waals surface area contributed by atoms with Crippen LogP contribution in [0.1, 0.15) is 5.56 Å². The number of methoxy groups -OCH3 is 1. The van der Waals surface area contributed by atoms with Crippen LogP contribution < -0.4 is 4.74 Å². The minimum atomic E-state index is 0.104. The lowest BCUT2D eigenvalue weighted by Crippen LogP contribution is -1.97. The Morgan fingerprint density at radius 1 is 1.11 bits per heavy atom. The van der Waals surface area contributed by atoms with Gasteiger partial charge in [-0.2, -0.15) is 0 Å². The van der Waals surface area contributed by atoms with Crippen LogP contribution in [0.15, 0.2) is 53.4 Å². The Morgan fingerprint density at radius 2 is 1.74 bits per heavy atom. The molecule has 2 rings (SSSR count). The van der Waals surface area contributed by atoms with Crippen molar-refractivity contribution in [1.29, 1.82) is 0 Å². The van der Waals surface area contributed by atoms with E-state index in [1.165, 1.54) is 11.8 Å². The second kappa shape index (κ2) is 6.64. The number of hydrogen-bond donors (Lipinski definition) is 0.